The van der Waals surface area contributed by atoms with Crippen molar-refractivity contribution in [1.82, 2.24) is 10.6 Å². The molecule has 0 aromatic carbocycles. The topological polar surface area (TPSA) is 58.2 Å². The third-order valence-electron chi connectivity index (χ3n) is 2.40. The fourth-order valence-corrected chi connectivity index (χ4v) is 1.71. The molecule has 1 fully saturated rings. The number of carbonyl (C=O) groups excluding carboxylic acids is 2. The lowest BCUT2D eigenvalue weighted by Crippen LogP contribution is -2.47. The number of carbonyl (C=O) groups is 2. The summed E-state index contributed by atoms with van der Waals surface area (Å²) in [5, 5.41) is 5.23. The Morgan fingerprint density at radius 3 is 2.57 bits per heavy atom. The van der Waals surface area contributed by atoms with Crippen molar-refractivity contribution in [1.29, 1.82) is 0 Å². The minimum absolute atomic E-state index is 0.164. The maximum Gasteiger partial charge on any atom is 0.224 e. The number of rotatable bonds is 2. The Kier molecular flexibility index (Phi) is 2.94. The zero-order valence-electron chi connectivity index (χ0n) is 10.5. The second-order valence-corrected chi connectivity index (χ2v) is 3.47. The molecule has 0 heterocycles. The van der Waals surface area contributed by atoms with Gasteiger partial charge in [-0.15, -0.1) is 0 Å². The third-order valence-corrected chi connectivity index (χ3v) is 2.40. The van der Waals surface area contributed by atoms with E-state index in [0.29, 0.717) is 12.8 Å². The molecule has 0 bridgehead atoms. The normalized spacial score (nSPS) is 39.3. The smallest absolute Gasteiger partial charge is 0.224 e. The summed E-state index contributed by atoms with van der Waals surface area (Å²) in [6, 6.07) is -0.318. The molecule has 1 aliphatic carbocycles. The molecule has 80 valence electrons. The van der Waals surface area contributed by atoms with Crippen LogP contribution in [0.3, 0.4) is 0 Å². The van der Waals surface area contributed by atoms with Gasteiger partial charge >= 0.3 is 0 Å². The Morgan fingerprint density at radius 1 is 1.36 bits per heavy atom. The Hall–Kier alpha value is -1.06. The summed E-state index contributed by atoms with van der Waals surface area (Å²) in [5.74, 6) is -0.754. The second-order valence-electron chi connectivity index (χ2n) is 3.47. The number of hydrogen-bond acceptors (Lipinski definition) is 2. The van der Waals surface area contributed by atoms with Crippen LogP contribution in [-0.2, 0) is 9.59 Å². The maximum atomic E-state index is 11.6. The van der Waals surface area contributed by atoms with E-state index in [1.807, 2.05) is 0 Å². The van der Waals surface area contributed by atoms with E-state index in [-0.39, 0.29) is 17.9 Å². The zero-order chi connectivity index (χ0) is 12.3. The first-order valence-electron chi connectivity index (χ1n) is 5.94. The van der Waals surface area contributed by atoms with Crippen molar-refractivity contribution in [2.45, 2.75) is 38.6 Å². The lowest BCUT2D eigenvalue weighted by Gasteiger charge is -2.30. The fraction of sp³-hybridized carbons (Fsp3) is 0.800. The predicted molar refractivity (Wildman–Crippen MR) is 53.6 cm³/mol. The Balaban J connectivity index is 2.75. The van der Waals surface area contributed by atoms with E-state index >= 15 is 0 Å². The maximum absolute atomic E-state index is 11.6. The molecule has 2 N–H and O–H groups in total. The molecule has 0 aromatic heterocycles. The fourth-order valence-electron chi connectivity index (χ4n) is 1.71. The molecule has 2 amide bonds. The highest BCUT2D eigenvalue weighted by atomic mass is 16.2. The van der Waals surface area contributed by atoms with Crippen molar-refractivity contribution >= 4 is 11.8 Å². The van der Waals surface area contributed by atoms with Crippen molar-refractivity contribution < 1.29 is 12.3 Å². The van der Waals surface area contributed by atoms with Crippen LogP contribution < -0.4 is 10.6 Å². The highest BCUT2D eigenvalue weighted by molar-refractivity contribution is 5.80. The summed E-state index contributed by atoms with van der Waals surface area (Å²) in [6.07, 6.45) is -0.380. The Bertz CT molecular complexity index is 286. The molecule has 1 saturated carbocycles. The molecular weight excluding hydrogens is 180 g/mol. The van der Waals surface area contributed by atoms with Crippen molar-refractivity contribution in [3.05, 3.63) is 0 Å². The summed E-state index contributed by atoms with van der Waals surface area (Å²) < 4.78 is 15.3. The van der Waals surface area contributed by atoms with E-state index < -0.39 is 18.7 Å². The van der Waals surface area contributed by atoms with E-state index in [1.54, 1.807) is 7.05 Å². The quantitative estimate of drug-likeness (QED) is 0.679. The molecule has 4 atom stereocenters. The first-order chi connectivity index (χ1) is 7.45. The highest BCUT2D eigenvalue weighted by Crippen LogP contribution is 2.24. The van der Waals surface area contributed by atoms with E-state index in [4.69, 9.17) is 2.74 Å². The van der Waals surface area contributed by atoms with E-state index in [1.165, 1.54) is 6.92 Å². The molecule has 4 nitrogen and oxygen atoms in total. The van der Waals surface area contributed by atoms with Gasteiger partial charge in [0.15, 0.2) is 0 Å². The molecule has 14 heavy (non-hydrogen) atoms. The molecular formula is C10H18N2O2. The van der Waals surface area contributed by atoms with Gasteiger partial charge in [0.1, 0.15) is 0 Å². The average molecular weight is 200 g/mol. The largest absolute Gasteiger partial charge is 0.359 e. The lowest BCUT2D eigenvalue weighted by molar-refractivity contribution is -0.127. The van der Waals surface area contributed by atoms with Gasteiger partial charge in [0.25, 0.3) is 0 Å². The van der Waals surface area contributed by atoms with Gasteiger partial charge in [-0.3, -0.25) is 9.59 Å². The van der Waals surface area contributed by atoms with Crippen LogP contribution in [0.15, 0.2) is 0 Å². The molecule has 0 radical (unpaired) electrons. The summed E-state index contributed by atoms with van der Waals surface area (Å²) >= 11 is 0. The molecule has 0 spiro atoms. The minimum atomic E-state index is -0.549. The monoisotopic (exact) mass is 200 g/mol. The van der Waals surface area contributed by atoms with Gasteiger partial charge in [-0.1, -0.05) is 12.8 Å². The van der Waals surface area contributed by atoms with Crippen LogP contribution in [0.2, 0.25) is 0 Å². The highest BCUT2D eigenvalue weighted by Gasteiger charge is 2.30. The van der Waals surface area contributed by atoms with Gasteiger partial charge in [-0.2, -0.15) is 0 Å². The number of amides is 2. The van der Waals surface area contributed by atoms with Crippen molar-refractivity contribution in [2.24, 2.45) is 5.92 Å². The molecule has 1 aliphatic rings. The first kappa shape index (κ1) is 8.26. The van der Waals surface area contributed by atoms with Gasteiger partial charge in [0.2, 0.25) is 11.8 Å². The third kappa shape index (κ3) is 2.72. The molecule has 4 heteroatoms. The van der Waals surface area contributed by atoms with Crippen LogP contribution in [0.4, 0.5) is 0 Å². The van der Waals surface area contributed by atoms with Crippen molar-refractivity contribution in [3.8, 4) is 0 Å². The van der Waals surface area contributed by atoms with Gasteiger partial charge in [-0.25, -0.2) is 0 Å². The summed E-state index contributed by atoms with van der Waals surface area (Å²) in [5.41, 5.74) is 0. The van der Waals surface area contributed by atoms with E-state index in [2.05, 4.69) is 10.6 Å². The van der Waals surface area contributed by atoms with Crippen LogP contribution >= 0.6 is 0 Å². The van der Waals surface area contributed by atoms with Crippen LogP contribution in [0.25, 0.3) is 0 Å². The molecule has 0 aliphatic heterocycles. The van der Waals surface area contributed by atoms with Gasteiger partial charge in [0.05, 0.1) is 5.92 Å². The van der Waals surface area contributed by atoms with Crippen LogP contribution in [0.1, 0.15) is 35.3 Å². The Morgan fingerprint density at radius 2 is 2.00 bits per heavy atom. The van der Waals surface area contributed by atoms with Crippen molar-refractivity contribution in [2.75, 3.05) is 7.05 Å². The zero-order valence-corrected chi connectivity index (χ0v) is 8.54. The molecule has 2 unspecified atom stereocenters. The van der Waals surface area contributed by atoms with Crippen LogP contribution in [0.5, 0.6) is 0 Å². The first-order valence-corrected chi connectivity index (χ1v) is 4.79. The standard InChI is InChI=1S/C10H18N2O2/c1-7(13)12-9-6-4-3-5-8(9)10(14)11-2/h8-9H,3-6H2,1-2H3,(H,11,14)(H,12,13)/t8-,9+/m0/s1/i3D,4D/t3?,4?,8-,9+. The predicted octanol–water partition coefficient (Wildman–Crippen LogP) is 0.427. The van der Waals surface area contributed by atoms with E-state index in [9.17, 15) is 9.59 Å². The molecule has 0 aromatic rings. The van der Waals surface area contributed by atoms with Gasteiger partial charge in [-0.05, 0) is 12.8 Å². The summed E-state index contributed by atoms with van der Waals surface area (Å²) in [7, 11) is 1.54. The summed E-state index contributed by atoms with van der Waals surface area (Å²) in [6.45, 7) is 1.40. The molecule has 1 rings (SSSR count). The second kappa shape index (κ2) is 4.98. The van der Waals surface area contributed by atoms with Gasteiger partial charge < -0.3 is 10.6 Å². The van der Waals surface area contributed by atoms with Crippen molar-refractivity contribution in [3.63, 3.8) is 0 Å². The Labute approximate surface area is 87.3 Å². The number of nitrogens with one attached hydrogen (secondary N) is 2. The van der Waals surface area contributed by atoms with Crippen LogP contribution in [-0.4, -0.2) is 24.9 Å². The van der Waals surface area contributed by atoms with Gasteiger partial charge in [0, 0.05) is 22.8 Å². The number of hydrogen-bond donors (Lipinski definition) is 2. The SMILES string of the molecule is [2H]C1C[C@H](C(=O)NC)[C@H](NC(C)=O)CC1[2H]. The average Bonchev–Trinajstić information content (AvgIpc) is 2.21. The lowest BCUT2D eigenvalue weighted by atomic mass is 9.84. The molecule has 0 saturated heterocycles. The van der Waals surface area contributed by atoms with Crippen LogP contribution in [0, 0.1) is 5.92 Å². The minimum Gasteiger partial charge on any atom is -0.359 e. The summed E-state index contributed by atoms with van der Waals surface area (Å²) in [4.78, 5) is 22.6. The van der Waals surface area contributed by atoms with E-state index in [0.717, 1.165) is 0 Å².